The molecule has 2 nitrogen and oxygen atoms in total. The number of hydrogen-bond acceptors (Lipinski definition) is 2. The Kier molecular flexibility index (Phi) is 4.56. The monoisotopic (exact) mass is 245 g/mol. The average Bonchev–Trinajstić information content (AvgIpc) is 2.36. The van der Waals surface area contributed by atoms with Gasteiger partial charge in [-0.25, -0.2) is 0 Å². The van der Waals surface area contributed by atoms with Crippen LogP contribution in [0.4, 0.5) is 0 Å². The van der Waals surface area contributed by atoms with Crippen molar-refractivity contribution in [3.05, 3.63) is 42.0 Å². The Morgan fingerprint density at radius 3 is 2.39 bits per heavy atom. The van der Waals surface area contributed by atoms with E-state index in [1.165, 1.54) is 11.1 Å². The number of hydrogen-bond donors (Lipinski definition) is 0. The van der Waals surface area contributed by atoms with E-state index in [1.807, 2.05) is 6.08 Å². The first-order valence-electron chi connectivity index (χ1n) is 6.76. The highest BCUT2D eigenvalue weighted by molar-refractivity contribution is 5.47. The first kappa shape index (κ1) is 13.3. The lowest BCUT2D eigenvalue weighted by atomic mass is 10.1. The molecule has 0 spiro atoms. The van der Waals surface area contributed by atoms with Crippen molar-refractivity contribution in [1.82, 2.24) is 4.90 Å². The largest absolute Gasteiger partial charge is 0.373 e. The molecule has 2 rings (SSSR count). The van der Waals surface area contributed by atoms with Gasteiger partial charge in [0.15, 0.2) is 0 Å². The van der Waals surface area contributed by atoms with Gasteiger partial charge in [-0.1, -0.05) is 36.9 Å². The molecule has 0 bridgehead atoms. The zero-order valence-electron chi connectivity index (χ0n) is 11.4. The molecule has 1 saturated heterocycles. The van der Waals surface area contributed by atoms with E-state index in [2.05, 4.69) is 49.6 Å². The molecule has 1 aliphatic rings. The van der Waals surface area contributed by atoms with Gasteiger partial charge in [0.2, 0.25) is 0 Å². The fourth-order valence-electron chi connectivity index (χ4n) is 2.57. The highest BCUT2D eigenvalue weighted by atomic mass is 16.5. The fraction of sp³-hybridized carbons (Fsp3) is 0.500. The number of nitrogens with zero attached hydrogens (tertiary/aromatic N) is 1. The third-order valence-electron chi connectivity index (χ3n) is 3.43. The second-order valence-corrected chi connectivity index (χ2v) is 5.21. The van der Waals surface area contributed by atoms with Crippen LogP contribution in [0.5, 0.6) is 0 Å². The smallest absolute Gasteiger partial charge is 0.0678 e. The second-order valence-electron chi connectivity index (χ2n) is 5.21. The lowest BCUT2D eigenvalue weighted by Crippen LogP contribution is -2.46. The van der Waals surface area contributed by atoms with Crippen LogP contribution in [0, 0.1) is 0 Å². The summed E-state index contributed by atoms with van der Waals surface area (Å²) in [5.74, 6) is 0. The van der Waals surface area contributed by atoms with Gasteiger partial charge >= 0.3 is 0 Å². The Balaban J connectivity index is 1.84. The van der Waals surface area contributed by atoms with Crippen molar-refractivity contribution in [3.63, 3.8) is 0 Å². The van der Waals surface area contributed by atoms with Crippen LogP contribution < -0.4 is 0 Å². The quantitative estimate of drug-likeness (QED) is 0.808. The Labute approximate surface area is 110 Å². The highest BCUT2D eigenvalue weighted by Crippen LogP contribution is 2.12. The molecular formula is C16H23NO. The Hall–Kier alpha value is -1.12. The fourth-order valence-corrected chi connectivity index (χ4v) is 2.57. The molecule has 0 aliphatic carbocycles. The summed E-state index contributed by atoms with van der Waals surface area (Å²) in [6, 6.07) is 8.66. The number of ether oxygens (including phenoxy) is 1. The van der Waals surface area contributed by atoms with Crippen LogP contribution in [0.15, 0.2) is 30.8 Å². The third-order valence-corrected chi connectivity index (χ3v) is 3.43. The summed E-state index contributed by atoms with van der Waals surface area (Å²) in [6.45, 7) is 11.3. The summed E-state index contributed by atoms with van der Waals surface area (Å²) in [4.78, 5) is 2.50. The van der Waals surface area contributed by atoms with Gasteiger partial charge in [0.05, 0.1) is 12.2 Å². The molecule has 1 aromatic carbocycles. The van der Waals surface area contributed by atoms with Crippen LogP contribution in [0.2, 0.25) is 0 Å². The maximum absolute atomic E-state index is 5.75. The predicted octanol–water partition coefficient (Wildman–Crippen LogP) is 2.98. The molecular weight excluding hydrogens is 222 g/mol. The summed E-state index contributed by atoms with van der Waals surface area (Å²) >= 11 is 0. The number of rotatable bonds is 4. The topological polar surface area (TPSA) is 12.5 Å². The molecule has 98 valence electrons. The van der Waals surface area contributed by atoms with Crippen molar-refractivity contribution in [1.29, 1.82) is 0 Å². The van der Waals surface area contributed by atoms with E-state index in [-0.39, 0.29) is 0 Å². The molecule has 0 aromatic heterocycles. The molecule has 2 heteroatoms. The first-order chi connectivity index (χ1) is 8.67. The second kappa shape index (κ2) is 6.17. The number of morpholine rings is 1. The van der Waals surface area contributed by atoms with E-state index >= 15 is 0 Å². The molecule has 0 amide bonds. The lowest BCUT2D eigenvalue weighted by Gasteiger charge is -2.35. The molecule has 0 N–H and O–H groups in total. The molecule has 2 atom stereocenters. The number of benzene rings is 1. The zero-order valence-corrected chi connectivity index (χ0v) is 11.4. The minimum atomic E-state index is 0.358. The summed E-state index contributed by atoms with van der Waals surface area (Å²) in [6.07, 6.45) is 3.71. The third kappa shape index (κ3) is 3.69. The zero-order chi connectivity index (χ0) is 13.0. The van der Waals surface area contributed by atoms with Gasteiger partial charge in [-0.15, -0.1) is 0 Å². The van der Waals surface area contributed by atoms with Gasteiger partial charge in [0.25, 0.3) is 0 Å². The predicted molar refractivity (Wildman–Crippen MR) is 76.7 cm³/mol. The van der Waals surface area contributed by atoms with Gasteiger partial charge in [-0.2, -0.15) is 0 Å². The van der Waals surface area contributed by atoms with Crippen molar-refractivity contribution in [3.8, 4) is 0 Å². The summed E-state index contributed by atoms with van der Waals surface area (Å²) < 4.78 is 5.75. The molecule has 18 heavy (non-hydrogen) atoms. The van der Waals surface area contributed by atoms with Gasteiger partial charge in [0, 0.05) is 19.6 Å². The van der Waals surface area contributed by atoms with Crippen LogP contribution in [-0.4, -0.2) is 36.7 Å². The molecule has 1 aromatic rings. The maximum Gasteiger partial charge on any atom is 0.0678 e. The van der Waals surface area contributed by atoms with Crippen molar-refractivity contribution in [2.24, 2.45) is 0 Å². The maximum atomic E-state index is 5.75. The van der Waals surface area contributed by atoms with Crippen LogP contribution in [0.1, 0.15) is 25.0 Å². The molecule has 1 heterocycles. The Bertz CT molecular complexity index is 375. The lowest BCUT2D eigenvalue weighted by molar-refractivity contribution is -0.0675. The van der Waals surface area contributed by atoms with Crippen molar-refractivity contribution in [2.75, 3.05) is 19.6 Å². The van der Waals surface area contributed by atoms with Gasteiger partial charge in [-0.05, 0) is 31.4 Å². The molecule has 1 aliphatic heterocycles. The van der Waals surface area contributed by atoms with E-state index in [0.29, 0.717) is 12.2 Å². The molecule has 0 radical (unpaired) electrons. The standard InChI is InChI=1S/C16H23NO/c1-4-15-5-7-16(8-6-15)9-10-17-11-13(2)18-14(3)12-17/h4-8,13-14H,1,9-12H2,2-3H3. The van der Waals surface area contributed by atoms with Gasteiger partial charge < -0.3 is 4.74 Å². The minimum Gasteiger partial charge on any atom is -0.373 e. The first-order valence-corrected chi connectivity index (χ1v) is 6.76. The Morgan fingerprint density at radius 2 is 1.83 bits per heavy atom. The summed E-state index contributed by atoms with van der Waals surface area (Å²) in [7, 11) is 0. The average molecular weight is 245 g/mol. The van der Waals surface area contributed by atoms with Crippen molar-refractivity contribution in [2.45, 2.75) is 32.5 Å². The van der Waals surface area contributed by atoms with E-state index in [0.717, 1.165) is 26.1 Å². The van der Waals surface area contributed by atoms with Crippen LogP contribution in [0.3, 0.4) is 0 Å². The highest BCUT2D eigenvalue weighted by Gasteiger charge is 2.21. The summed E-state index contributed by atoms with van der Waals surface area (Å²) in [5.41, 5.74) is 2.58. The van der Waals surface area contributed by atoms with E-state index in [9.17, 15) is 0 Å². The summed E-state index contributed by atoms with van der Waals surface area (Å²) in [5, 5.41) is 0. The van der Waals surface area contributed by atoms with Crippen LogP contribution in [-0.2, 0) is 11.2 Å². The minimum absolute atomic E-state index is 0.358. The van der Waals surface area contributed by atoms with E-state index < -0.39 is 0 Å². The molecule has 2 unspecified atom stereocenters. The SMILES string of the molecule is C=Cc1ccc(CCN2CC(C)OC(C)C2)cc1. The molecule has 0 saturated carbocycles. The van der Waals surface area contributed by atoms with Crippen LogP contribution >= 0.6 is 0 Å². The van der Waals surface area contributed by atoms with Gasteiger partial charge in [-0.3, -0.25) is 4.90 Å². The van der Waals surface area contributed by atoms with Gasteiger partial charge in [0.1, 0.15) is 0 Å². The molecule has 1 fully saturated rings. The van der Waals surface area contributed by atoms with Crippen LogP contribution in [0.25, 0.3) is 6.08 Å². The van der Waals surface area contributed by atoms with Crippen molar-refractivity contribution < 1.29 is 4.74 Å². The normalized spacial score (nSPS) is 25.0. The Morgan fingerprint density at radius 1 is 1.22 bits per heavy atom. The van der Waals surface area contributed by atoms with E-state index in [1.54, 1.807) is 0 Å². The van der Waals surface area contributed by atoms with E-state index in [4.69, 9.17) is 4.74 Å². The van der Waals surface area contributed by atoms with Crippen molar-refractivity contribution >= 4 is 6.08 Å².